The molecule has 0 unspecified atom stereocenters. The van der Waals surface area contributed by atoms with Gasteiger partial charge in [0, 0.05) is 6.20 Å². The van der Waals surface area contributed by atoms with Crippen molar-refractivity contribution in [2.24, 2.45) is 0 Å². The number of para-hydroxylation sites is 1. The zero-order valence-electron chi connectivity index (χ0n) is 15.6. The van der Waals surface area contributed by atoms with Crippen LogP contribution in [0.25, 0.3) is 0 Å². The van der Waals surface area contributed by atoms with E-state index in [1.54, 1.807) is 29.1 Å². The van der Waals surface area contributed by atoms with Gasteiger partial charge in [-0.25, -0.2) is 4.68 Å². The molecule has 4 aromatic rings. The van der Waals surface area contributed by atoms with Crippen molar-refractivity contribution in [2.75, 3.05) is 0 Å². The summed E-state index contributed by atoms with van der Waals surface area (Å²) in [6.07, 6.45) is 3.39. The molecule has 0 aliphatic carbocycles. The molecule has 0 fully saturated rings. The van der Waals surface area contributed by atoms with E-state index >= 15 is 0 Å². The highest BCUT2D eigenvalue weighted by Crippen LogP contribution is 2.22. The van der Waals surface area contributed by atoms with Crippen LogP contribution in [0.3, 0.4) is 0 Å². The molecule has 0 spiro atoms. The molecule has 4 rings (SSSR count). The highest BCUT2D eigenvalue weighted by Gasteiger charge is 2.08. The SMILES string of the molecule is O=C(NCc1cn(Cc2cccc(Oc3ccccc3)c2)nn1)c1ccccn1. The minimum atomic E-state index is -0.245. The number of hydrogen-bond donors (Lipinski definition) is 1. The quantitative estimate of drug-likeness (QED) is 0.527. The van der Waals surface area contributed by atoms with Gasteiger partial charge in [-0.1, -0.05) is 41.6 Å². The summed E-state index contributed by atoms with van der Waals surface area (Å²) in [7, 11) is 0. The first-order chi connectivity index (χ1) is 14.3. The van der Waals surface area contributed by atoms with Crippen molar-refractivity contribution in [3.05, 3.63) is 102 Å². The maximum Gasteiger partial charge on any atom is 0.270 e. The van der Waals surface area contributed by atoms with Crippen LogP contribution < -0.4 is 10.1 Å². The number of nitrogens with one attached hydrogen (secondary N) is 1. The zero-order valence-corrected chi connectivity index (χ0v) is 15.6. The molecule has 2 heterocycles. The standard InChI is InChI=1S/C22H19N5O2/c28-22(21-11-4-5-12-23-21)24-14-18-16-27(26-25-18)15-17-7-6-10-20(13-17)29-19-8-2-1-3-9-19/h1-13,16H,14-15H2,(H,24,28). The van der Waals surface area contributed by atoms with Crippen LogP contribution in [0.4, 0.5) is 0 Å². The number of ether oxygens (including phenoxy) is 1. The fourth-order valence-corrected chi connectivity index (χ4v) is 2.77. The number of carbonyl (C=O) groups is 1. The van der Waals surface area contributed by atoms with Crippen molar-refractivity contribution in [3.63, 3.8) is 0 Å². The summed E-state index contributed by atoms with van der Waals surface area (Å²) in [4.78, 5) is 16.1. The first kappa shape index (κ1) is 18.4. The molecule has 0 aliphatic rings. The van der Waals surface area contributed by atoms with Gasteiger partial charge in [-0.3, -0.25) is 9.78 Å². The first-order valence-electron chi connectivity index (χ1n) is 9.16. The molecule has 0 radical (unpaired) electrons. The van der Waals surface area contributed by atoms with Gasteiger partial charge >= 0.3 is 0 Å². The molecule has 0 saturated heterocycles. The van der Waals surface area contributed by atoms with Crippen molar-refractivity contribution in [1.29, 1.82) is 0 Å². The van der Waals surface area contributed by atoms with Crippen molar-refractivity contribution < 1.29 is 9.53 Å². The third-order valence-electron chi connectivity index (χ3n) is 4.14. The van der Waals surface area contributed by atoms with Gasteiger partial charge < -0.3 is 10.1 Å². The van der Waals surface area contributed by atoms with Crippen LogP contribution in [0.1, 0.15) is 21.7 Å². The molecule has 7 nitrogen and oxygen atoms in total. The highest BCUT2D eigenvalue weighted by atomic mass is 16.5. The minimum absolute atomic E-state index is 0.245. The summed E-state index contributed by atoms with van der Waals surface area (Å²) < 4.78 is 7.60. The van der Waals surface area contributed by atoms with Crippen LogP contribution in [0.2, 0.25) is 0 Å². The number of hydrogen-bond acceptors (Lipinski definition) is 5. The molecule has 2 aromatic heterocycles. The lowest BCUT2D eigenvalue weighted by Gasteiger charge is -2.07. The van der Waals surface area contributed by atoms with E-state index in [9.17, 15) is 4.79 Å². The van der Waals surface area contributed by atoms with E-state index in [4.69, 9.17) is 4.74 Å². The van der Waals surface area contributed by atoms with Gasteiger partial charge in [-0.15, -0.1) is 5.10 Å². The number of aromatic nitrogens is 4. The molecule has 1 amide bonds. The summed E-state index contributed by atoms with van der Waals surface area (Å²) in [6.45, 7) is 0.833. The smallest absolute Gasteiger partial charge is 0.270 e. The highest BCUT2D eigenvalue weighted by molar-refractivity contribution is 5.92. The Hall–Kier alpha value is -4.00. The van der Waals surface area contributed by atoms with Gasteiger partial charge in [-0.2, -0.15) is 0 Å². The van der Waals surface area contributed by atoms with Gasteiger partial charge in [0.2, 0.25) is 0 Å². The van der Waals surface area contributed by atoms with Crippen LogP contribution in [0, 0.1) is 0 Å². The predicted molar refractivity (Wildman–Crippen MR) is 107 cm³/mol. The van der Waals surface area contributed by atoms with Gasteiger partial charge in [0.25, 0.3) is 5.91 Å². The van der Waals surface area contributed by atoms with Crippen LogP contribution in [0.5, 0.6) is 11.5 Å². The number of benzene rings is 2. The zero-order chi connectivity index (χ0) is 19.9. The van der Waals surface area contributed by atoms with Gasteiger partial charge in [0.05, 0.1) is 19.3 Å². The maximum absolute atomic E-state index is 12.1. The van der Waals surface area contributed by atoms with Crippen molar-refractivity contribution in [1.82, 2.24) is 25.3 Å². The van der Waals surface area contributed by atoms with Gasteiger partial charge in [0.1, 0.15) is 22.9 Å². The maximum atomic E-state index is 12.1. The Labute approximate surface area is 168 Å². The van der Waals surface area contributed by atoms with E-state index in [1.807, 2.05) is 60.8 Å². The van der Waals surface area contributed by atoms with Crippen molar-refractivity contribution >= 4 is 5.91 Å². The first-order valence-corrected chi connectivity index (χ1v) is 9.16. The Morgan fingerprint density at radius 1 is 0.966 bits per heavy atom. The van der Waals surface area contributed by atoms with Crippen LogP contribution in [-0.2, 0) is 13.1 Å². The van der Waals surface area contributed by atoms with Crippen LogP contribution >= 0.6 is 0 Å². The summed E-state index contributed by atoms with van der Waals surface area (Å²) in [5, 5.41) is 11.0. The van der Waals surface area contributed by atoms with E-state index in [0.717, 1.165) is 17.1 Å². The van der Waals surface area contributed by atoms with Crippen molar-refractivity contribution in [3.8, 4) is 11.5 Å². The second-order valence-corrected chi connectivity index (χ2v) is 6.37. The van der Waals surface area contributed by atoms with Crippen molar-refractivity contribution in [2.45, 2.75) is 13.1 Å². The van der Waals surface area contributed by atoms with E-state index in [1.165, 1.54) is 0 Å². The van der Waals surface area contributed by atoms with Gasteiger partial charge in [-0.05, 0) is 42.0 Å². The molecule has 1 N–H and O–H groups in total. The van der Waals surface area contributed by atoms with E-state index in [2.05, 4.69) is 20.6 Å². The topological polar surface area (TPSA) is 81.9 Å². The largest absolute Gasteiger partial charge is 0.457 e. The molecule has 29 heavy (non-hydrogen) atoms. The Morgan fingerprint density at radius 2 is 1.79 bits per heavy atom. The molecule has 7 heteroatoms. The Balaban J connectivity index is 1.35. The molecule has 0 saturated carbocycles. The minimum Gasteiger partial charge on any atom is -0.457 e. The van der Waals surface area contributed by atoms with Crippen LogP contribution in [0.15, 0.2) is 85.2 Å². The summed E-state index contributed by atoms with van der Waals surface area (Å²) in [5.74, 6) is 1.30. The Morgan fingerprint density at radius 3 is 2.62 bits per heavy atom. The fraction of sp³-hybridized carbons (Fsp3) is 0.0909. The van der Waals surface area contributed by atoms with E-state index in [-0.39, 0.29) is 12.5 Å². The lowest BCUT2D eigenvalue weighted by molar-refractivity contribution is 0.0945. The lowest BCUT2D eigenvalue weighted by atomic mass is 10.2. The monoisotopic (exact) mass is 385 g/mol. The number of rotatable bonds is 7. The molecule has 0 bridgehead atoms. The summed E-state index contributed by atoms with van der Waals surface area (Å²) >= 11 is 0. The number of amides is 1. The third kappa shape index (κ3) is 5.04. The lowest BCUT2D eigenvalue weighted by Crippen LogP contribution is -2.23. The average Bonchev–Trinajstić information content (AvgIpc) is 3.21. The molecular weight excluding hydrogens is 366 g/mol. The fourth-order valence-electron chi connectivity index (χ4n) is 2.77. The molecular formula is C22H19N5O2. The number of nitrogens with zero attached hydrogens (tertiary/aromatic N) is 4. The van der Waals surface area contributed by atoms with Crippen LogP contribution in [-0.4, -0.2) is 25.9 Å². The summed E-state index contributed by atoms with van der Waals surface area (Å²) in [6, 6.07) is 22.7. The Bertz CT molecular complexity index is 1080. The molecule has 0 aliphatic heterocycles. The van der Waals surface area contributed by atoms with E-state index < -0.39 is 0 Å². The normalized spacial score (nSPS) is 10.5. The third-order valence-corrected chi connectivity index (χ3v) is 4.14. The Kier molecular flexibility index (Phi) is 5.57. The molecule has 2 aromatic carbocycles. The number of carbonyl (C=O) groups excluding carboxylic acids is 1. The second kappa shape index (κ2) is 8.79. The molecule has 0 atom stereocenters. The summed E-state index contributed by atoms with van der Waals surface area (Å²) in [5.41, 5.74) is 2.08. The average molecular weight is 385 g/mol. The predicted octanol–water partition coefficient (Wildman–Crippen LogP) is 3.44. The second-order valence-electron chi connectivity index (χ2n) is 6.37. The number of pyridine rings is 1. The molecule has 144 valence electrons. The van der Waals surface area contributed by atoms with Gasteiger partial charge in [0.15, 0.2) is 0 Å². The van der Waals surface area contributed by atoms with E-state index in [0.29, 0.717) is 17.9 Å².